The fourth-order valence-corrected chi connectivity index (χ4v) is 4.93. The van der Waals surface area contributed by atoms with Crippen molar-refractivity contribution in [3.8, 4) is 0 Å². The van der Waals surface area contributed by atoms with E-state index in [0.29, 0.717) is 17.7 Å². The Morgan fingerprint density at radius 3 is 2.68 bits per heavy atom. The molecule has 2 aliphatic heterocycles. The first-order valence-corrected chi connectivity index (χ1v) is 9.99. The lowest BCUT2D eigenvalue weighted by atomic mass is 10.1. The van der Waals surface area contributed by atoms with Crippen LogP contribution < -0.4 is 10.2 Å². The van der Waals surface area contributed by atoms with Gasteiger partial charge >= 0.3 is 0 Å². The van der Waals surface area contributed by atoms with Crippen molar-refractivity contribution in [3.63, 3.8) is 0 Å². The van der Waals surface area contributed by atoms with Gasteiger partial charge in [-0.1, -0.05) is 12.1 Å². The van der Waals surface area contributed by atoms with E-state index in [4.69, 9.17) is 0 Å². The molecule has 2 amide bonds. The molecule has 2 atom stereocenters. The number of Topliss-reactive ketones (excluding diaryl/α,β-unsaturated/α-hetero) is 1. The highest BCUT2D eigenvalue weighted by Crippen LogP contribution is 2.26. The summed E-state index contributed by atoms with van der Waals surface area (Å²) in [5.74, 6) is -1.03. The predicted octanol–water partition coefficient (Wildman–Crippen LogP) is 0.545. The second kappa shape index (κ2) is 6.59. The number of hydrogen-bond donors (Lipinski definition) is 1. The first-order valence-electron chi connectivity index (χ1n) is 8.17. The standard InChI is InChI=1S/C17H20N2O5S/c1-11(20)12-3-2-4-15(7-12)19-9-13(8-16(19)21)17(22)18-14-5-6-25(23,24)10-14/h2-4,7,13-14H,5-6,8-10H2,1H3,(H,18,22). The van der Waals surface area contributed by atoms with Crippen molar-refractivity contribution >= 4 is 33.1 Å². The molecule has 0 aliphatic carbocycles. The second-order valence-corrected chi connectivity index (χ2v) is 8.85. The van der Waals surface area contributed by atoms with Gasteiger partial charge in [-0.25, -0.2) is 8.42 Å². The molecule has 2 unspecified atom stereocenters. The molecule has 2 aliphatic rings. The Bertz CT molecular complexity index is 833. The molecule has 2 saturated heterocycles. The molecule has 0 aromatic heterocycles. The molecule has 3 rings (SSSR count). The number of anilines is 1. The highest BCUT2D eigenvalue weighted by Gasteiger charge is 2.37. The van der Waals surface area contributed by atoms with E-state index in [9.17, 15) is 22.8 Å². The third kappa shape index (κ3) is 3.89. The Balaban J connectivity index is 1.67. The third-order valence-electron chi connectivity index (χ3n) is 4.64. The lowest BCUT2D eigenvalue weighted by molar-refractivity contribution is -0.126. The number of ketones is 1. The molecule has 1 aromatic carbocycles. The summed E-state index contributed by atoms with van der Waals surface area (Å²) in [7, 11) is -3.07. The van der Waals surface area contributed by atoms with Gasteiger partial charge in [0.2, 0.25) is 11.8 Å². The lowest BCUT2D eigenvalue weighted by Gasteiger charge is -2.18. The molecule has 1 aromatic rings. The van der Waals surface area contributed by atoms with E-state index in [-0.39, 0.29) is 48.1 Å². The van der Waals surface area contributed by atoms with Crippen LogP contribution in [0.4, 0.5) is 5.69 Å². The number of carbonyl (C=O) groups excluding carboxylic acids is 3. The van der Waals surface area contributed by atoms with Crippen LogP contribution in [-0.4, -0.2) is 50.1 Å². The summed E-state index contributed by atoms with van der Waals surface area (Å²) in [5, 5.41) is 2.75. The Hall–Kier alpha value is -2.22. The molecule has 134 valence electrons. The van der Waals surface area contributed by atoms with E-state index in [1.54, 1.807) is 24.3 Å². The molecule has 2 heterocycles. The normalized spacial score (nSPS) is 25.2. The minimum Gasteiger partial charge on any atom is -0.352 e. The van der Waals surface area contributed by atoms with Gasteiger partial charge in [-0.3, -0.25) is 14.4 Å². The molecule has 7 nitrogen and oxygen atoms in total. The molecule has 0 bridgehead atoms. The lowest BCUT2D eigenvalue weighted by Crippen LogP contribution is -2.40. The Morgan fingerprint density at radius 2 is 2.04 bits per heavy atom. The molecular formula is C17H20N2O5S. The number of benzene rings is 1. The third-order valence-corrected chi connectivity index (χ3v) is 6.41. The summed E-state index contributed by atoms with van der Waals surface area (Å²) in [6.45, 7) is 1.68. The van der Waals surface area contributed by atoms with E-state index >= 15 is 0 Å². The topological polar surface area (TPSA) is 101 Å². The summed E-state index contributed by atoms with van der Waals surface area (Å²) < 4.78 is 23.0. The molecule has 0 saturated carbocycles. The zero-order valence-corrected chi connectivity index (χ0v) is 14.7. The molecule has 25 heavy (non-hydrogen) atoms. The zero-order valence-electron chi connectivity index (χ0n) is 13.9. The monoisotopic (exact) mass is 364 g/mol. The molecule has 8 heteroatoms. The van der Waals surface area contributed by atoms with Gasteiger partial charge in [-0.15, -0.1) is 0 Å². The first kappa shape index (κ1) is 17.6. The number of hydrogen-bond acceptors (Lipinski definition) is 5. The van der Waals surface area contributed by atoms with Crippen molar-refractivity contribution in [2.24, 2.45) is 5.92 Å². The fraction of sp³-hybridized carbons (Fsp3) is 0.471. The summed E-state index contributed by atoms with van der Waals surface area (Å²) in [4.78, 5) is 37.6. The van der Waals surface area contributed by atoms with Gasteiger partial charge < -0.3 is 10.2 Å². The van der Waals surface area contributed by atoms with Crippen molar-refractivity contribution in [1.82, 2.24) is 5.32 Å². The van der Waals surface area contributed by atoms with Crippen LogP contribution in [0, 0.1) is 5.92 Å². The van der Waals surface area contributed by atoms with Crippen molar-refractivity contribution in [3.05, 3.63) is 29.8 Å². The first-order chi connectivity index (χ1) is 11.7. The maximum atomic E-state index is 12.4. The number of rotatable bonds is 4. The minimum atomic E-state index is -3.07. The number of nitrogens with one attached hydrogen (secondary N) is 1. The van der Waals surface area contributed by atoms with E-state index in [1.165, 1.54) is 11.8 Å². The number of carbonyl (C=O) groups is 3. The molecule has 1 N–H and O–H groups in total. The van der Waals surface area contributed by atoms with Crippen LogP contribution in [0.1, 0.15) is 30.1 Å². The van der Waals surface area contributed by atoms with Crippen LogP contribution >= 0.6 is 0 Å². The Labute approximate surface area is 146 Å². The SMILES string of the molecule is CC(=O)c1cccc(N2CC(C(=O)NC3CCS(=O)(=O)C3)CC2=O)c1. The molecule has 2 fully saturated rings. The Kier molecular flexibility index (Phi) is 4.64. The van der Waals surface area contributed by atoms with E-state index in [2.05, 4.69) is 5.32 Å². The van der Waals surface area contributed by atoms with Gasteiger partial charge in [0.25, 0.3) is 0 Å². The van der Waals surface area contributed by atoms with Crippen LogP contribution in [0.15, 0.2) is 24.3 Å². The second-order valence-electron chi connectivity index (χ2n) is 6.62. The van der Waals surface area contributed by atoms with Gasteiger partial charge in [0.05, 0.1) is 17.4 Å². The molecule has 0 radical (unpaired) electrons. The highest BCUT2D eigenvalue weighted by molar-refractivity contribution is 7.91. The van der Waals surface area contributed by atoms with Crippen LogP contribution in [0.25, 0.3) is 0 Å². The minimum absolute atomic E-state index is 0.0379. The smallest absolute Gasteiger partial charge is 0.227 e. The van der Waals surface area contributed by atoms with Crippen LogP contribution in [-0.2, 0) is 19.4 Å². The average Bonchev–Trinajstić information content (AvgIpc) is 3.10. The Morgan fingerprint density at radius 1 is 1.28 bits per heavy atom. The van der Waals surface area contributed by atoms with E-state index in [0.717, 1.165) is 0 Å². The maximum Gasteiger partial charge on any atom is 0.227 e. The zero-order chi connectivity index (χ0) is 18.2. The summed E-state index contributed by atoms with van der Waals surface area (Å²) in [6.07, 6.45) is 0.495. The van der Waals surface area contributed by atoms with Gasteiger partial charge in [-0.2, -0.15) is 0 Å². The van der Waals surface area contributed by atoms with Gasteiger partial charge in [0.15, 0.2) is 15.6 Å². The van der Waals surface area contributed by atoms with Gasteiger partial charge in [0, 0.05) is 30.3 Å². The molecular weight excluding hydrogens is 344 g/mol. The highest BCUT2D eigenvalue weighted by atomic mass is 32.2. The maximum absolute atomic E-state index is 12.4. The summed E-state index contributed by atoms with van der Waals surface area (Å²) in [6, 6.07) is 6.38. The fourth-order valence-electron chi connectivity index (χ4n) is 3.25. The van der Waals surface area contributed by atoms with Crippen molar-refractivity contribution in [2.75, 3.05) is 23.0 Å². The van der Waals surface area contributed by atoms with E-state index < -0.39 is 15.8 Å². The number of sulfone groups is 1. The van der Waals surface area contributed by atoms with Crippen molar-refractivity contribution in [1.29, 1.82) is 0 Å². The summed E-state index contributed by atoms with van der Waals surface area (Å²) >= 11 is 0. The summed E-state index contributed by atoms with van der Waals surface area (Å²) in [5.41, 5.74) is 1.10. The van der Waals surface area contributed by atoms with Gasteiger partial charge in [-0.05, 0) is 25.5 Å². The van der Waals surface area contributed by atoms with Crippen molar-refractivity contribution < 1.29 is 22.8 Å². The van der Waals surface area contributed by atoms with Crippen LogP contribution in [0.2, 0.25) is 0 Å². The van der Waals surface area contributed by atoms with Crippen LogP contribution in [0.5, 0.6) is 0 Å². The van der Waals surface area contributed by atoms with Crippen molar-refractivity contribution in [2.45, 2.75) is 25.8 Å². The number of amides is 2. The van der Waals surface area contributed by atoms with Gasteiger partial charge in [0.1, 0.15) is 0 Å². The molecule has 0 spiro atoms. The predicted molar refractivity (Wildman–Crippen MR) is 92.1 cm³/mol. The van der Waals surface area contributed by atoms with E-state index in [1.807, 2.05) is 0 Å². The van der Waals surface area contributed by atoms with Crippen LogP contribution in [0.3, 0.4) is 0 Å². The quantitative estimate of drug-likeness (QED) is 0.786. The largest absolute Gasteiger partial charge is 0.352 e. The number of nitrogens with zero attached hydrogens (tertiary/aromatic N) is 1. The average molecular weight is 364 g/mol.